The third-order valence-electron chi connectivity index (χ3n) is 6.39. The lowest BCUT2D eigenvalue weighted by Crippen LogP contribution is -2.43. The van der Waals surface area contributed by atoms with Gasteiger partial charge in [0, 0.05) is 19.7 Å². The number of carbonyl (C=O) groups excluding carboxylic acids is 3. The second-order valence-corrected chi connectivity index (χ2v) is 9.17. The predicted molar refractivity (Wildman–Crippen MR) is 139 cm³/mol. The van der Waals surface area contributed by atoms with Gasteiger partial charge in [0.1, 0.15) is 5.75 Å². The fraction of sp³-hybridized carbons (Fsp3) is 0.407. The Hall–Kier alpha value is -4.12. The molecule has 2 aromatic carbocycles. The summed E-state index contributed by atoms with van der Waals surface area (Å²) in [5.41, 5.74) is 6.61. The molecule has 1 unspecified atom stereocenters. The van der Waals surface area contributed by atoms with Crippen molar-refractivity contribution < 1.29 is 28.6 Å². The van der Waals surface area contributed by atoms with Crippen LogP contribution in [0.4, 0.5) is 0 Å². The maximum atomic E-state index is 13.4. The molecule has 0 radical (unpaired) electrons. The molecule has 0 spiro atoms. The van der Waals surface area contributed by atoms with Crippen LogP contribution in [0.5, 0.6) is 5.75 Å². The molecule has 11 nitrogen and oxygen atoms in total. The van der Waals surface area contributed by atoms with Gasteiger partial charge in [-0.1, -0.05) is 18.2 Å². The fourth-order valence-corrected chi connectivity index (χ4v) is 4.66. The highest BCUT2D eigenvalue weighted by Crippen LogP contribution is 2.22. The van der Waals surface area contributed by atoms with Crippen molar-refractivity contribution in [1.82, 2.24) is 14.5 Å². The van der Waals surface area contributed by atoms with Crippen molar-refractivity contribution in [2.24, 2.45) is 5.73 Å². The van der Waals surface area contributed by atoms with E-state index < -0.39 is 11.9 Å². The number of nitrogens with zero attached hydrogens (tertiary/aromatic N) is 2. The number of nitrogens with one attached hydrogen (secondary N) is 1. The van der Waals surface area contributed by atoms with Gasteiger partial charge in [-0.15, -0.1) is 0 Å². The Kier molecular flexibility index (Phi) is 8.80. The van der Waals surface area contributed by atoms with Crippen LogP contribution in [0, 0.1) is 0 Å². The summed E-state index contributed by atoms with van der Waals surface area (Å²) in [5.74, 6) is -0.871. The van der Waals surface area contributed by atoms with Crippen LogP contribution in [0.25, 0.3) is 11.0 Å². The lowest BCUT2D eigenvalue weighted by molar-refractivity contribution is -0.136. The smallest absolute Gasteiger partial charge is 0.337 e. The number of aromatic nitrogens is 2. The molecule has 2 heterocycles. The van der Waals surface area contributed by atoms with Crippen LogP contribution >= 0.6 is 0 Å². The van der Waals surface area contributed by atoms with Crippen molar-refractivity contribution in [3.05, 3.63) is 64.1 Å². The number of aryl methyl sites for hydroxylation is 1. The molecule has 1 atom stereocenters. The molecule has 38 heavy (non-hydrogen) atoms. The van der Waals surface area contributed by atoms with Crippen molar-refractivity contribution >= 4 is 28.8 Å². The molecule has 4 rings (SSSR count). The summed E-state index contributed by atoms with van der Waals surface area (Å²) >= 11 is 0. The highest BCUT2D eigenvalue weighted by molar-refractivity contribution is 5.96. The number of hydrogen-bond acceptors (Lipinski definition) is 7. The molecular weight excluding hydrogens is 492 g/mol. The average molecular weight is 525 g/mol. The number of rotatable bonds is 12. The molecule has 3 N–H and O–H groups in total. The van der Waals surface area contributed by atoms with Crippen LogP contribution in [0.15, 0.2) is 47.3 Å². The second-order valence-electron chi connectivity index (χ2n) is 9.17. The topological polar surface area (TPSA) is 146 Å². The van der Waals surface area contributed by atoms with Gasteiger partial charge in [0.25, 0.3) is 0 Å². The van der Waals surface area contributed by atoms with Gasteiger partial charge in [0.15, 0.2) is 0 Å². The largest absolute Gasteiger partial charge is 0.494 e. The Bertz CT molecular complexity index is 1340. The normalized spacial score (nSPS) is 14.9. The molecule has 0 bridgehead atoms. The maximum Gasteiger partial charge on any atom is 0.337 e. The number of H-pyrrole nitrogens is 1. The minimum atomic E-state index is -0.637. The van der Waals surface area contributed by atoms with Gasteiger partial charge in [0.05, 0.1) is 49.4 Å². The number of primary amides is 1. The van der Waals surface area contributed by atoms with Gasteiger partial charge >= 0.3 is 11.7 Å². The third kappa shape index (κ3) is 6.60. The zero-order valence-electron chi connectivity index (χ0n) is 21.3. The van der Waals surface area contributed by atoms with Gasteiger partial charge in [0.2, 0.25) is 11.8 Å². The highest BCUT2D eigenvalue weighted by atomic mass is 16.5. The van der Waals surface area contributed by atoms with E-state index in [9.17, 15) is 19.2 Å². The van der Waals surface area contributed by atoms with E-state index in [4.69, 9.17) is 19.9 Å². The Morgan fingerprint density at radius 3 is 2.68 bits per heavy atom. The van der Waals surface area contributed by atoms with Gasteiger partial charge in [-0.25, -0.2) is 9.59 Å². The molecule has 1 aliphatic heterocycles. The van der Waals surface area contributed by atoms with Crippen molar-refractivity contribution in [2.45, 2.75) is 38.3 Å². The molecule has 1 aromatic heterocycles. The van der Waals surface area contributed by atoms with Crippen LogP contribution in [-0.2, 0) is 32.0 Å². The second kappa shape index (κ2) is 12.4. The van der Waals surface area contributed by atoms with Crippen molar-refractivity contribution in [1.29, 1.82) is 0 Å². The van der Waals surface area contributed by atoms with Crippen LogP contribution < -0.4 is 16.2 Å². The predicted octanol–water partition coefficient (Wildman–Crippen LogP) is 1.62. The molecular formula is C27H32N4O7. The Balaban J connectivity index is 1.60. The van der Waals surface area contributed by atoms with E-state index in [0.717, 1.165) is 18.6 Å². The zero-order valence-corrected chi connectivity index (χ0v) is 21.3. The number of amides is 2. The van der Waals surface area contributed by atoms with Crippen LogP contribution in [0.1, 0.15) is 35.2 Å². The van der Waals surface area contributed by atoms with E-state index in [2.05, 4.69) is 4.98 Å². The summed E-state index contributed by atoms with van der Waals surface area (Å²) in [6, 6.07) is 12.4. The summed E-state index contributed by atoms with van der Waals surface area (Å²) in [4.78, 5) is 54.5. The summed E-state index contributed by atoms with van der Waals surface area (Å²) in [6.45, 7) is 1.29. The zero-order chi connectivity index (χ0) is 27.1. The first-order valence-electron chi connectivity index (χ1n) is 12.5. The van der Waals surface area contributed by atoms with E-state index in [1.165, 1.54) is 22.6 Å². The number of methoxy groups -OCH3 is 1. The molecule has 1 aliphatic rings. The Labute approximate surface area is 219 Å². The molecule has 1 saturated heterocycles. The van der Waals surface area contributed by atoms with Gasteiger partial charge in [-0.2, -0.15) is 0 Å². The number of benzene rings is 2. The first kappa shape index (κ1) is 26.9. The molecule has 3 aromatic rings. The molecule has 1 fully saturated rings. The van der Waals surface area contributed by atoms with Crippen LogP contribution in [-0.4, -0.2) is 71.8 Å². The lowest BCUT2D eigenvalue weighted by atomic mass is 10.0. The maximum absolute atomic E-state index is 13.4. The van der Waals surface area contributed by atoms with Gasteiger partial charge in [-0.05, 0) is 49.1 Å². The molecule has 0 saturated carbocycles. The molecule has 2 amide bonds. The summed E-state index contributed by atoms with van der Waals surface area (Å²) < 4.78 is 17.8. The van der Waals surface area contributed by atoms with E-state index in [0.29, 0.717) is 42.8 Å². The number of ether oxygens (including phenoxy) is 3. The number of nitrogens with two attached hydrogens (primary N) is 1. The average Bonchev–Trinajstić information content (AvgIpc) is 3.53. The number of carbonyl (C=O) groups is 3. The van der Waals surface area contributed by atoms with E-state index in [1.807, 2.05) is 30.3 Å². The Morgan fingerprint density at radius 2 is 2.00 bits per heavy atom. The van der Waals surface area contributed by atoms with Crippen LogP contribution in [0.3, 0.4) is 0 Å². The quantitative estimate of drug-likeness (QED) is 0.270. The van der Waals surface area contributed by atoms with Gasteiger partial charge in [-0.3, -0.25) is 14.2 Å². The first-order valence-corrected chi connectivity index (χ1v) is 12.5. The van der Waals surface area contributed by atoms with E-state index in [1.54, 1.807) is 6.07 Å². The van der Waals surface area contributed by atoms with Crippen molar-refractivity contribution in [2.75, 3.05) is 33.4 Å². The molecule has 11 heteroatoms. The molecule has 202 valence electrons. The monoisotopic (exact) mass is 524 g/mol. The number of fused-ring (bicyclic) bond motifs is 1. The number of esters is 1. The highest BCUT2D eigenvalue weighted by Gasteiger charge is 2.26. The fourth-order valence-electron chi connectivity index (χ4n) is 4.66. The van der Waals surface area contributed by atoms with Crippen LogP contribution in [0.2, 0.25) is 0 Å². The van der Waals surface area contributed by atoms with E-state index >= 15 is 0 Å². The number of imidazole rings is 1. The first-order chi connectivity index (χ1) is 18.4. The summed E-state index contributed by atoms with van der Waals surface area (Å²) in [6.07, 6.45) is 1.87. The van der Waals surface area contributed by atoms with Crippen molar-refractivity contribution in [3.8, 4) is 5.75 Å². The number of hydrogen-bond donors (Lipinski definition) is 2. The van der Waals surface area contributed by atoms with Gasteiger partial charge < -0.3 is 29.8 Å². The minimum Gasteiger partial charge on any atom is -0.494 e. The van der Waals surface area contributed by atoms with Crippen molar-refractivity contribution in [3.63, 3.8) is 0 Å². The Morgan fingerprint density at radius 1 is 1.21 bits per heavy atom. The SMILES string of the molecule is COC(=O)c1cc(CC(=O)N(CC(N)=O)CC2CCCO2)c2c(c1)[nH]c(=O)n2CCCOc1ccccc1. The molecule has 0 aliphatic carbocycles. The lowest BCUT2D eigenvalue weighted by Gasteiger charge is -2.24. The summed E-state index contributed by atoms with van der Waals surface area (Å²) in [5, 5.41) is 0. The minimum absolute atomic E-state index is 0.154. The third-order valence-corrected chi connectivity index (χ3v) is 6.39. The number of aromatic amines is 1. The summed E-state index contributed by atoms with van der Waals surface area (Å²) in [7, 11) is 1.26. The standard InChI is InChI=1S/C27H32N4O7/c1-36-26(34)19-13-18(15-24(33)30(17-23(28)32)16-21-9-5-11-38-21)25-22(14-19)29-27(35)31(25)10-6-12-37-20-7-3-2-4-8-20/h2-4,7-8,13-14,21H,5-6,9-12,15-17H2,1H3,(H2,28,32)(H,29,35). The number of para-hydroxylation sites is 1. The van der Waals surface area contributed by atoms with E-state index in [-0.39, 0.29) is 42.8 Å².